The van der Waals surface area contributed by atoms with Crippen molar-refractivity contribution in [1.82, 2.24) is 0 Å². The van der Waals surface area contributed by atoms with Crippen molar-refractivity contribution in [2.75, 3.05) is 0 Å². The molecule has 2 aromatic rings. The van der Waals surface area contributed by atoms with Gasteiger partial charge >= 0.3 is 0 Å². The summed E-state index contributed by atoms with van der Waals surface area (Å²) < 4.78 is 6.33. The molecule has 1 N–H and O–H groups in total. The largest absolute Gasteiger partial charge is 0.465 e. The van der Waals surface area contributed by atoms with E-state index in [1.165, 1.54) is 0 Å². The fourth-order valence-electron chi connectivity index (χ4n) is 2.38. The molecule has 0 saturated heterocycles. The summed E-state index contributed by atoms with van der Waals surface area (Å²) in [6, 6.07) is 14.4. The van der Waals surface area contributed by atoms with E-state index in [0.29, 0.717) is 26.4 Å². The highest BCUT2D eigenvalue weighted by molar-refractivity contribution is 9.10. The van der Waals surface area contributed by atoms with E-state index in [0.717, 1.165) is 0 Å². The fraction of sp³-hybridized carbons (Fsp3) is 0.133. The molecule has 1 heterocycles. The van der Waals surface area contributed by atoms with Crippen LogP contribution in [0.2, 0.25) is 5.02 Å². The van der Waals surface area contributed by atoms with Gasteiger partial charge < -0.3 is 9.84 Å². The summed E-state index contributed by atoms with van der Waals surface area (Å²) in [5.74, 6) is 0.458. The number of hydrogen-bond donors (Lipinski definition) is 1. The van der Waals surface area contributed by atoms with Gasteiger partial charge in [-0.15, -0.1) is 0 Å². The van der Waals surface area contributed by atoms with Gasteiger partial charge in [-0.05, 0) is 28.1 Å². The van der Waals surface area contributed by atoms with E-state index in [2.05, 4.69) is 22.0 Å². The van der Waals surface area contributed by atoms with Crippen LogP contribution in [0.5, 0.6) is 5.75 Å². The van der Waals surface area contributed by atoms with Crippen molar-refractivity contribution < 1.29 is 9.84 Å². The number of nitriles is 1. The molecule has 2 aromatic carbocycles. The van der Waals surface area contributed by atoms with Crippen molar-refractivity contribution in [3.8, 4) is 11.8 Å². The Kier molecular flexibility index (Phi) is 3.21. The van der Waals surface area contributed by atoms with Gasteiger partial charge in [0.15, 0.2) is 0 Å². The smallest absolute Gasteiger partial charge is 0.249 e. The van der Waals surface area contributed by atoms with E-state index in [1.54, 1.807) is 36.4 Å². The number of aliphatic hydroxyl groups is 1. The van der Waals surface area contributed by atoms with E-state index in [-0.39, 0.29) is 0 Å². The third kappa shape index (κ3) is 1.75. The van der Waals surface area contributed by atoms with Crippen LogP contribution < -0.4 is 4.74 Å². The Morgan fingerprint density at radius 3 is 2.60 bits per heavy atom. The van der Waals surface area contributed by atoms with E-state index in [4.69, 9.17) is 16.3 Å². The minimum Gasteiger partial charge on any atom is -0.465 e. The zero-order valence-electron chi connectivity index (χ0n) is 10.2. The Morgan fingerprint density at radius 2 is 1.95 bits per heavy atom. The summed E-state index contributed by atoms with van der Waals surface area (Å²) in [7, 11) is 0. The summed E-state index contributed by atoms with van der Waals surface area (Å²) in [5, 5.41) is 20.7. The molecule has 3 rings (SSSR count). The third-order valence-electron chi connectivity index (χ3n) is 3.39. The topological polar surface area (TPSA) is 53.2 Å². The molecule has 1 aliphatic heterocycles. The third-order valence-corrected chi connectivity index (χ3v) is 4.79. The second-order valence-electron chi connectivity index (χ2n) is 4.49. The number of rotatable bonds is 1. The van der Waals surface area contributed by atoms with Crippen molar-refractivity contribution in [2.24, 2.45) is 0 Å². The van der Waals surface area contributed by atoms with Crippen LogP contribution in [-0.4, -0.2) is 5.11 Å². The number of benzene rings is 2. The minimum atomic E-state index is -1.45. The molecule has 0 amide bonds. The fourth-order valence-corrected chi connectivity index (χ4v) is 3.09. The highest BCUT2D eigenvalue weighted by Crippen LogP contribution is 2.52. The average Bonchev–Trinajstić information content (AvgIpc) is 2.78. The molecular weight excluding hydrogens is 342 g/mol. The van der Waals surface area contributed by atoms with Gasteiger partial charge in [0, 0.05) is 15.6 Å². The molecule has 0 saturated carbocycles. The second-order valence-corrected chi connectivity index (χ2v) is 5.69. The van der Waals surface area contributed by atoms with Crippen LogP contribution in [0.15, 0.2) is 46.9 Å². The Hall–Kier alpha value is -1.54. The van der Waals surface area contributed by atoms with Crippen molar-refractivity contribution in [3.05, 3.63) is 63.1 Å². The summed E-state index contributed by atoms with van der Waals surface area (Å²) in [4.78, 5) is 0. The molecule has 2 atom stereocenters. The van der Waals surface area contributed by atoms with Crippen molar-refractivity contribution in [1.29, 1.82) is 5.26 Å². The Morgan fingerprint density at radius 1 is 1.25 bits per heavy atom. The lowest BCUT2D eigenvalue weighted by molar-refractivity contribution is 0.0114. The quantitative estimate of drug-likeness (QED) is 0.847. The lowest BCUT2D eigenvalue weighted by Crippen LogP contribution is -2.33. The summed E-state index contributed by atoms with van der Waals surface area (Å²) in [6.45, 7) is 0. The number of ether oxygens (including phenoxy) is 1. The Labute approximate surface area is 129 Å². The molecule has 5 heteroatoms. The minimum absolute atomic E-state index is 0.458. The number of aliphatic hydroxyl groups excluding tert-OH is 1. The highest BCUT2D eigenvalue weighted by atomic mass is 79.9. The molecule has 100 valence electrons. The predicted octanol–water partition coefficient (Wildman–Crippen LogP) is 3.95. The molecule has 0 bridgehead atoms. The van der Waals surface area contributed by atoms with Crippen molar-refractivity contribution in [2.45, 2.75) is 11.7 Å². The molecule has 2 unspecified atom stereocenters. The highest BCUT2D eigenvalue weighted by Gasteiger charge is 2.51. The maximum Gasteiger partial charge on any atom is 0.249 e. The number of fused-ring (bicyclic) bond motifs is 1. The number of nitrogens with zero attached hydrogens (tertiary/aromatic N) is 1. The second kappa shape index (κ2) is 4.78. The van der Waals surface area contributed by atoms with Gasteiger partial charge in [-0.25, -0.2) is 0 Å². The molecule has 1 aliphatic rings. The maximum atomic E-state index is 10.6. The van der Waals surface area contributed by atoms with Crippen LogP contribution in [0.4, 0.5) is 0 Å². The zero-order valence-corrected chi connectivity index (χ0v) is 12.5. The van der Waals surface area contributed by atoms with Crippen LogP contribution in [0, 0.1) is 11.3 Å². The van der Waals surface area contributed by atoms with E-state index in [9.17, 15) is 10.4 Å². The van der Waals surface area contributed by atoms with Gasteiger partial charge in [-0.3, -0.25) is 0 Å². The Balaban J connectivity index is 2.20. The molecule has 20 heavy (non-hydrogen) atoms. The molecule has 3 nitrogen and oxygen atoms in total. The van der Waals surface area contributed by atoms with Crippen LogP contribution in [0.3, 0.4) is 0 Å². The van der Waals surface area contributed by atoms with Crippen LogP contribution >= 0.6 is 27.5 Å². The van der Waals surface area contributed by atoms with E-state index < -0.39 is 11.7 Å². The molecule has 0 radical (unpaired) electrons. The first kappa shape index (κ1) is 13.4. The number of hydrogen-bond acceptors (Lipinski definition) is 3. The standard InChI is InChI=1S/C15H9BrClNO2/c16-13-10(17)6-7-11-12(13)14(19)15(8-18,20-11)9-4-2-1-3-5-9/h1-7,14,19H. The van der Waals surface area contributed by atoms with Crippen LogP contribution in [0.25, 0.3) is 0 Å². The van der Waals surface area contributed by atoms with Gasteiger partial charge in [-0.2, -0.15) is 5.26 Å². The first-order valence-electron chi connectivity index (χ1n) is 5.92. The van der Waals surface area contributed by atoms with Gasteiger partial charge in [0.25, 0.3) is 0 Å². The van der Waals surface area contributed by atoms with Gasteiger partial charge in [-0.1, -0.05) is 41.9 Å². The number of halogens is 2. The predicted molar refractivity (Wildman–Crippen MR) is 78.5 cm³/mol. The summed E-state index contributed by atoms with van der Waals surface area (Å²) in [5.41, 5.74) is -0.339. The van der Waals surface area contributed by atoms with Crippen LogP contribution in [-0.2, 0) is 5.60 Å². The van der Waals surface area contributed by atoms with Gasteiger partial charge in [0.2, 0.25) is 5.60 Å². The maximum absolute atomic E-state index is 10.6. The SMILES string of the molecule is N#CC1(c2ccccc2)Oc2ccc(Cl)c(Br)c2C1O. The van der Waals surface area contributed by atoms with Gasteiger partial charge in [0.05, 0.1) is 5.02 Å². The molecule has 0 spiro atoms. The van der Waals surface area contributed by atoms with Crippen LogP contribution in [0.1, 0.15) is 17.2 Å². The lowest BCUT2D eigenvalue weighted by Gasteiger charge is -2.24. The van der Waals surface area contributed by atoms with E-state index >= 15 is 0 Å². The monoisotopic (exact) mass is 349 g/mol. The molecular formula is C15H9BrClNO2. The van der Waals surface area contributed by atoms with Gasteiger partial charge in [0.1, 0.15) is 17.9 Å². The average molecular weight is 351 g/mol. The Bertz CT molecular complexity index is 714. The van der Waals surface area contributed by atoms with Crippen molar-refractivity contribution in [3.63, 3.8) is 0 Å². The van der Waals surface area contributed by atoms with E-state index in [1.807, 2.05) is 6.07 Å². The molecule has 0 fully saturated rings. The first-order valence-corrected chi connectivity index (χ1v) is 7.09. The first-order chi connectivity index (χ1) is 9.60. The summed E-state index contributed by atoms with van der Waals surface area (Å²) >= 11 is 9.39. The normalized spacial score (nSPS) is 23.8. The zero-order chi connectivity index (χ0) is 14.3. The van der Waals surface area contributed by atoms with Crippen molar-refractivity contribution >= 4 is 27.5 Å². The summed E-state index contributed by atoms with van der Waals surface area (Å²) in [6.07, 6.45) is -1.11. The lowest BCUT2D eigenvalue weighted by atomic mass is 9.88. The molecule has 0 aliphatic carbocycles. The molecule has 0 aromatic heterocycles.